The van der Waals surface area contributed by atoms with Gasteiger partial charge in [0.25, 0.3) is 5.91 Å². The number of likely N-dealkylation sites (tertiary alicyclic amines) is 1. The van der Waals surface area contributed by atoms with Crippen molar-refractivity contribution in [2.24, 2.45) is 5.11 Å². The number of aliphatic hydroxyl groups excluding tert-OH is 1. The highest BCUT2D eigenvalue weighted by molar-refractivity contribution is 6.01. The van der Waals surface area contributed by atoms with Gasteiger partial charge in [0, 0.05) is 17.9 Å². The van der Waals surface area contributed by atoms with Crippen molar-refractivity contribution in [3.05, 3.63) is 28.1 Å². The van der Waals surface area contributed by atoms with E-state index in [0.717, 1.165) is 0 Å². The topological polar surface area (TPSA) is 125 Å². The van der Waals surface area contributed by atoms with Crippen LogP contribution in [0.15, 0.2) is 17.2 Å². The van der Waals surface area contributed by atoms with Crippen LogP contribution in [0.4, 0.5) is 5.69 Å². The highest BCUT2D eigenvalue weighted by atomic mass is 16.5. The number of amides is 1. The summed E-state index contributed by atoms with van der Waals surface area (Å²) in [6.07, 6.45) is 0.0267. The number of carbonyl (C=O) groups is 2. The van der Waals surface area contributed by atoms with E-state index in [1.54, 1.807) is 0 Å². The van der Waals surface area contributed by atoms with Gasteiger partial charge in [-0.1, -0.05) is 5.11 Å². The van der Waals surface area contributed by atoms with Gasteiger partial charge in [-0.25, -0.2) is 0 Å². The molecule has 0 unspecified atom stereocenters. The van der Waals surface area contributed by atoms with E-state index in [1.807, 2.05) is 0 Å². The monoisotopic (exact) mass is 320 g/mol. The number of methoxy groups -OCH3 is 2. The minimum Gasteiger partial charge on any atom is -0.493 e. The second kappa shape index (κ2) is 6.99. The third-order valence-corrected chi connectivity index (χ3v) is 3.62. The summed E-state index contributed by atoms with van der Waals surface area (Å²) in [6, 6.07) is 2.05. The number of β-amino-alcohol motifs (C(OH)–C–C–N with tert-alkyl or cyclic N) is 1. The number of benzene rings is 1. The molecule has 1 aliphatic rings. The minimum atomic E-state index is -0.766. The molecule has 1 N–H and O–H groups in total. The zero-order valence-corrected chi connectivity index (χ0v) is 12.7. The first-order chi connectivity index (χ1) is 11.0. The zero-order chi connectivity index (χ0) is 17.0. The lowest BCUT2D eigenvalue weighted by atomic mass is 10.1. The molecule has 23 heavy (non-hydrogen) atoms. The van der Waals surface area contributed by atoms with Gasteiger partial charge in [0.1, 0.15) is 6.29 Å². The maximum Gasteiger partial charge on any atom is 0.255 e. The van der Waals surface area contributed by atoms with Gasteiger partial charge in [-0.05, 0) is 17.7 Å². The number of carbonyl (C=O) groups excluding carboxylic acids is 2. The smallest absolute Gasteiger partial charge is 0.255 e. The summed E-state index contributed by atoms with van der Waals surface area (Å²) >= 11 is 0. The molecule has 1 aliphatic heterocycles. The van der Waals surface area contributed by atoms with Crippen molar-refractivity contribution < 1.29 is 24.2 Å². The van der Waals surface area contributed by atoms with E-state index in [9.17, 15) is 14.7 Å². The van der Waals surface area contributed by atoms with Crippen molar-refractivity contribution >= 4 is 17.9 Å². The number of hydrogen-bond acceptors (Lipinski definition) is 6. The molecular weight excluding hydrogens is 304 g/mol. The summed E-state index contributed by atoms with van der Waals surface area (Å²) in [6.45, 7) is 0.0340. The summed E-state index contributed by atoms with van der Waals surface area (Å²) in [5, 5.41) is 13.2. The number of nitrogens with zero attached hydrogens (tertiary/aromatic N) is 4. The lowest BCUT2D eigenvalue weighted by molar-refractivity contribution is -0.111. The summed E-state index contributed by atoms with van der Waals surface area (Å²) in [5.74, 6) is 0.0667. The van der Waals surface area contributed by atoms with Gasteiger partial charge in [0.15, 0.2) is 11.5 Å². The molecule has 1 aromatic carbocycles. The molecule has 0 radical (unpaired) electrons. The second-order valence-electron chi connectivity index (χ2n) is 4.96. The molecule has 0 aliphatic carbocycles. The van der Waals surface area contributed by atoms with Gasteiger partial charge in [-0.2, -0.15) is 0 Å². The van der Waals surface area contributed by atoms with Gasteiger partial charge in [0.2, 0.25) is 0 Å². The SMILES string of the molecule is COc1cc(N=[N+]=[N-])c(C(=O)N2C[C@H](O)C[C@H]2C=O)cc1OC. The Morgan fingerprint density at radius 1 is 1.43 bits per heavy atom. The van der Waals surface area contributed by atoms with Crippen LogP contribution in [0.5, 0.6) is 11.5 Å². The average Bonchev–Trinajstić information content (AvgIpc) is 2.95. The molecule has 0 aromatic heterocycles. The van der Waals surface area contributed by atoms with Gasteiger partial charge < -0.3 is 24.3 Å². The molecule has 9 heteroatoms. The highest BCUT2D eigenvalue weighted by Gasteiger charge is 2.35. The Balaban J connectivity index is 2.50. The molecule has 1 heterocycles. The van der Waals surface area contributed by atoms with E-state index < -0.39 is 18.1 Å². The first kappa shape index (κ1) is 16.6. The van der Waals surface area contributed by atoms with E-state index >= 15 is 0 Å². The lowest BCUT2D eigenvalue weighted by Crippen LogP contribution is -2.36. The Labute approximate surface area is 132 Å². The van der Waals surface area contributed by atoms with Crippen LogP contribution in [-0.4, -0.2) is 55.1 Å². The third-order valence-electron chi connectivity index (χ3n) is 3.62. The molecule has 2 rings (SSSR count). The Hall–Kier alpha value is -2.77. The maximum atomic E-state index is 12.7. The molecule has 122 valence electrons. The van der Waals surface area contributed by atoms with Gasteiger partial charge in [0.05, 0.1) is 37.6 Å². The molecule has 9 nitrogen and oxygen atoms in total. The molecule has 1 fully saturated rings. The van der Waals surface area contributed by atoms with Crippen molar-refractivity contribution in [2.75, 3.05) is 20.8 Å². The zero-order valence-electron chi connectivity index (χ0n) is 12.7. The van der Waals surface area contributed by atoms with Gasteiger partial charge in [-0.3, -0.25) is 4.79 Å². The van der Waals surface area contributed by atoms with Crippen LogP contribution in [0.3, 0.4) is 0 Å². The second-order valence-corrected chi connectivity index (χ2v) is 4.96. The number of rotatable bonds is 5. The predicted molar refractivity (Wildman–Crippen MR) is 79.9 cm³/mol. The van der Waals surface area contributed by atoms with E-state index in [2.05, 4.69) is 10.0 Å². The number of hydrogen-bond donors (Lipinski definition) is 1. The number of aldehydes is 1. The average molecular weight is 320 g/mol. The fourth-order valence-electron chi connectivity index (χ4n) is 2.53. The van der Waals surface area contributed by atoms with Crippen LogP contribution in [0.2, 0.25) is 0 Å². The van der Waals surface area contributed by atoms with E-state index in [1.165, 1.54) is 31.3 Å². The predicted octanol–water partition coefficient (Wildman–Crippen LogP) is 1.42. The lowest BCUT2D eigenvalue weighted by Gasteiger charge is -2.22. The van der Waals surface area contributed by atoms with Crippen molar-refractivity contribution in [2.45, 2.75) is 18.6 Å². The number of ether oxygens (including phenoxy) is 2. The Morgan fingerprint density at radius 2 is 2.09 bits per heavy atom. The molecular formula is C14H16N4O5. The molecule has 0 saturated carbocycles. The summed E-state index contributed by atoms with van der Waals surface area (Å²) < 4.78 is 10.3. The summed E-state index contributed by atoms with van der Waals surface area (Å²) in [5.41, 5.74) is 8.81. The van der Waals surface area contributed by atoms with Crippen LogP contribution in [-0.2, 0) is 4.79 Å². The van der Waals surface area contributed by atoms with Gasteiger partial charge in [-0.15, -0.1) is 0 Å². The standard InChI is InChI=1S/C14H16N4O5/c1-22-12-4-10(11(16-17-15)5-13(12)23-2)14(21)18-6-9(20)3-8(18)7-19/h4-5,7-9,20H,3,6H2,1-2H3/t8-,9+/m0/s1. The third kappa shape index (κ3) is 3.20. The molecule has 0 spiro atoms. The first-order valence-corrected chi connectivity index (χ1v) is 6.81. The van der Waals surface area contributed by atoms with Crippen molar-refractivity contribution in [1.29, 1.82) is 0 Å². The first-order valence-electron chi connectivity index (χ1n) is 6.81. The molecule has 2 atom stereocenters. The fourth-order valence-corrected chi connectivity index (χ4v) is 2.53. The molecule has 1 aromatic rings. The fraction of sp³-hybridized carbons (Fsp3) is 0.429. The van der Waals surface area contributed by atoms with Crippen molar-refractivity contribution in [1.82, 2.24) is 4.90 Å². The van der Waals surface area contributed by atoms with E-state index in [0.29, 0.717) is 12.0 Å². The van der Waals surface area contributed by atoms with Crippen LogP contribution < -0.4 is 9.47 Å². The number of azide groups is 1. The quantitative estimate of drug-likeness (QED) is 0.380. The van der Waals surface area contributed by atoms with E-state index in [4.69, 9.17) is 15.0 Å². The maximum absolute atomic E-state index is 12.7. The van der Waals surface area contributed by atoms with Crippen LogP contribution in [0.25, 0.3) is 10.4 Å². The normalized spacial score (nSPS) is 19.9. The summed E-state index contributed by atoms with van der Waals surface area (Å²) in [4.78, 5) is 27.7. The molecule has 1 amide bonds. The summed E-state index contributed by atoms with van der Waals surface area (Å²) in [7, 11) is 2.83. The Bertz CT molecular complexity index is 671. The Kier molecular flexibility index (Phi) is 5.05. The van der Waals surface area contributed by atoms with Crippen molar-refractivity contribution in [3.63, 3.8) is 0 Å². The highest BCUT2D eigenvalue weighted by Crippen LogP contribution is 2.36. The number of aliphatic hydroxyl groups is 1. The molecule has 1 saturated heterocycles. The molecule has 0 bridgehead atoms. The Morgan fingerprint density at radius 3 is 2.65 bits per heavy atom. The van der Waals surface area contributed by atoms with Crippen molar-refractivity contribution in [3.8, 4) is 11.5 Å². The largest absolute Gasteiger partial charge is 0.493 e. The minimum absolute atomic E-state index is 0.0340. The van der Waals surface area contributed by atoms with Gasteiger partial charge >= 0.3 is 0 Å². The van der Waals surface area contributed by atoms with Crippen LogP contribution in [0, 0.1) is 0 Å². The van der Waals surface area contributed by atoms with E-state index in [-0.39, 0.29) is 30.0 Å². The van der Waals surface area contributed by atoms with Crippen LogP contribution in [0.1, 0.15) is 16.8 Å². The van der Waals surface area contributed by atoms with Crippen LogP contribution >= 0.6 is 0 Å².